The van der Waals surface area contributed by atoms with Gasteiger partial charge in [-0.05, 0) is 43.4 Å². The van der Waals surface area contributed by atoms with E-state index >= 15 is 0 Å². The van der Waals surface area contributed by atoms with Crippen molar-refractivity contribution in [3.8, 4) is 0 Å². The molecular formula is C15H21ClO3S. The lowest BCUT2D eigenvalue weighted by atomic mass is 9.84. The summed E-state index contributed by atoms with van der Waals surface area (Å²) >= 11 is 5.88. The van der Waals surface area contributed by atoms with Gasteiger partial charge >= 0.3 is 0 Å². The lowest BCUT2D eigenvalue weighted by Crippen LogP contribution is -2.39. The van der Waals surface area contributed by atoms with Crippen LogP contribution < -0.4 is 0 Å². The highest BCUT2D eigenvalue weighted by molar-refractivity contribution is 7.92. The normalized spacial score (nSPS) is 27.4. The molecule has 0 radical (unpaired) electrons. The molecule has 1 saturated carbocycles. The molecule has 0 aromatic heterocycles. The first-order valence-corrected chi connectivity index (χ1v) is 9.05. The first-order valence-electron chi connectivity index (χ1n) is 7.12. The molecule has 1 aromatic rings. The van der Waals surface area contributed by atoms with Gasteiger partial charge in [0, 0.05) is 5.02 Å². The molecule has 5 heteroatoms. The van der Waals surface area contributed by atoms with Gasteiger partial charge in [-0.2, -0.15) is 0 Å². The summed E-state index contributed by atoms with van der Waals surface area (Å²) < 4.78 is 25.4. The van der Waals surface area contributed by atoms with Crippen LogP contribution in [0.1, 0.15) is 39.0 Å². The van der Waals surface area contributed by atoms with E-state index < -0.39 is 21.2 Å². The molecule has 1 aromatic carbocycles. The van der Waals surface area contributed by atoms with Gasteiger partial charge < -0.3 is 5.11 Å². The molecule has 0 saturated heterocycles. The van der Waals surface area contributed by atoms with Gasteiger partial charge in [0.1, 0.15) is 0 Å². The van der Waals surface area contributed by atoms with Crippen molar-refractivity contribution >= 4 is 21.4 Å². The molecule has 1 aliphatic rings. The molecule has 20 heavy (non-hydrogen) atoms. The van der Waals surface area contributed by atoms with Crippen molar-refractivity contribution < 1.29 is 13.5 Å². The maximum absolute atomic E-state index is 12.7. The van der Waals surface area contributed by atoms with Gasteiger partial charge in [-0.25, -0.2) is 8.42 Å². The Morgan fingerprint density at radius 1 is 1.35 bits per heavy atom. The monoisotopic (exact) mass is 316 g/mol. The summed E-state index contributed by atoms with van der Waals surface area (Å²) in [5.41, 5.74) is 0. The van der Waals surface area contributed by atoms with E-state index in [9.17, 15) is 13.5 Å². The highest BCUT2D eigenvalue weighted by Gasteiger charge is 2.38. The first-order chi connectivity index (χ1) is 9.45. The average molecular weight is 317 g/mol. The number of sulfone groups is 1. The van der Waals surface area contributed by atoms with Crippen molar-refractivity contribution in [1.82, 2.24) is 0 Å². The number of aliphatic hydroxyl groups excluding tert-OH is 1. The molecule has 1 aliphatic carbocycles. The van der Waals surface area contributed by atoms with Crippen LogP contribution in [0.25, 0.3) is 0 Å². The molecule has 1 N–H and O–H groups in total. The zero-order valence-electron chi connectivity index (χ0n) is 11.6. The second-order valence-electron chi connectivity index (χ2n) is 5.58. The van der Waals surface area contributed by atoms with E-state index in [0.29, 0.717) is 23.8 Å². The fourth-order valence-electron chi connectivity index (χ4n) is 3.02. The van der Waals surface area contributed by atoms with E-state index in [1.54, 1.807) is 18.2 Å². The molecule has 1 fully saturated rings. The van der Waals surface area contributed by atoms with Crippen LogP contribution in [0.4, 0.5) is 0 Å². The summed E-state index contributed by atoms with van der Waals surface area (Å²) in [5, 5.41) is 9.81. The van der Waals surface area contributed by atoms with Gasteiger partial charge in [0.2, 0.25) is 0 Å². The standard InChI is InChI=1S/C15H21ClO3S/c1-2-4-11-7-8-14(17)15(9-11)20(18,19)13-6-3-5-12(16)10-13/h3,5-6,10-11,14-15,17H,2,4,7-9H2,1H3. The zero-order chi connectivity index (χ0) is 14.8. The molecule has 0 spiro atoms. The zero-order valence-corrected chi connectivity index (χ0v) is 13.2. The van der Waals surface area contributed by atoms with Gasteiger partial charge in [-0.3, -0.25) is 0 Å². The van der Waals surface area contributed by atoms with Crippen molar-refractivity contribution in [3.63, 3.8) is 0 Å². The van der Waals surface area contributed by atoms with E-state index in [1.807, 2.05) is 0 Å². The maximum Gasteiger partial charge on any atom is 0.183 e. The highest BCUT2D eigenvalue weighted by atomic mass is 35.5. The Kier molecular flexibility index (Phi) is 5.10. The highest BCUT2D eigenvalue weighted by Crippen LogP contribution is 2.35. The summed E-state index contributed by atoms with van der Waals surface area (Å²) in [6, 6.07) is 6.30. The van der Waals surface area contributed by atoms with Crippen molar-refractivity contribution in [2.24, 2.45) is 5.92 Å². The number of hydrogen-bond acceptors (Lipinski definition) is 3. The Hall–Kier alpha value is -0.580. The smallest absolute Gasteiger partial charge is 0.183 e. The molecule has 3 unspecified atom stereocenters. The van der Waals surface area contributed by atoms with Gasteiger partial charge in [0.25, 0.3) is 0 Å². The number of benzene rings is 1. The van der Waals surface area contributed by atoms with Crippen LogP contribution in [0.15, 0.2) is 29.2 Å². The minimum atomic E-state index is -3.52. The summed E-state index contributed by atoms with van der Waals surface area (Å²) in [6.45, 7) is 2.10. The van der Waals surface area contributed by atoms with Gasteiger partial charge in [-0.15, -0.1) is 0 Å². The summed E-state index contributed by atoms with van der Waals surface area (Å²) in [6.07, 6.45) is 3.32. The minimum Gasteiger partial charge on any atom is -0.392 e. The van der Waals surface area contributed by atoms with Gasteiger partial charge in [-0.1, -0.05) is 37.4 Å². The Morgan fingerprint density at radius 2 is 2.10 bits per heavy atom. The van der Waals surface area contributed by atoms with Crippen LogP contribution in [-0.4, -0.2) is 24.9 Å². The fraction of sp³-hybridized carbons (Fsp3) is 0.600. The SMILES string of the molecule is CCCC1CCC(O)C(S(=O)(=O)c2cccc(Cl)c2)C1. The quantitative estimate of drug-likeness (QED) is 0.925. The summed E-state index contributed by atoms with van der Waals surface area (Å²) in [4.78, 5) is 0.214. The number of aliphatic hydroxyl groups is 1. The Labute approximate surface area is 125 Å². The second kappa shape index (κ2) is 6.46. The Bertz CT molecular complexity index is 556. The van der Waals surface area contributed by atoms with Crippen molar-refractivity contribution in [3.05, 3.63) is 29.3 Å². The Balaban J connectivity index is 2.27. The summed E-state index contributed by atoms with van der Waals surface area (Å²) in [5.74, 6) is 0.391. The minimum absolute atomic E-state index is 0.214. The number of halogens is 1. The van der Waals surface area contributed by atoms with E-state index in [2.05, 4.69) is 6.92 Å². The maximum atomic E-state index is 12.7. The molecule has 3 atom stereocenters. The molecule has 0 bridgehead atoms. The van der Waals surface area contributed by atoms with Crippen LogP contribution in [0, 0.1) is 5.92 Å². The molecule has 2 rings (SSSR count). The third kappa shape index (κ3) is 3.35. The number of hydrogen-bond donors (Lipinski definition) is 1. The van der Waals surface area contributed by atoms with Crippen molar-refractivity contribution in [2.45, 2.75) is 55.3 Å². The average Bonchev–Trinajstić information content (AvgIpc) is 2.41. The lowest BCUT2D eigenvalue weighted by molar-refractivity contribution is 0.109. The second-order valence-corrected chi connectivity index (χ2v) is 8.18. The fourth-order valence-corrected chi connectivity index (χ4v) is 5.26. The van der Waals surface area contributed by atoms with Crippen LogP contribution in [0.2, 0.25) is 5.02 Å². The van der Waals surface area contributed by atoms with E-state index in [4.69, 9.17) is 11.6 Å². The van der Waals surface area contributed by atoms with Crippen LogP contribution >= 0.6 is 11.6 Å². The van der Waals surface area contributed by atoms with Crippen LogP contribution in [-0.2, 0) is 9.84 Å². The van der Waals surface area contributed by atoms with E-state index in [-0.39, 0.29) is 4.90 Å². The molecule has 0 aliphatic heterocycles. The van der Waals surface area contributed by atoms with Gasteiger partial charge in [0.05, 0.1) is 16.2 Å². The molecular weight excluding hydrogens is 296 g/mol. The van der Waals surface area contributed by atoms with Crippen LogP contribution in [0.5, 0.6) is 0 Å². The Morgan fingerprint density at radius 3 is 2.75 bits per heavy atom. The summed E-state index contributed by atoms with van der Waals surface area (Å²) in [7, 11) is -3.52. The molecule has 112 valence electrons. The molecule has 0 heterocycles. The van der Waals surface area contributed by atoms with E-state index in [0.717, 1.165) is 19.3 Å². The first kappa shape index (κ1) is 15.8. The third-order valence-corrected chi connectivity index (χ3v) is 6.54. The lowest BCUT2D eigenvalue weighted by Gasteiger charge is -2.32. The van der Waals surface area contributed by atoms with Gasteiger partial charge in [0.15, 0.2) is 9.84 Å². The predicted molar refractivity (Wildman–Crippen MR) is 80.7 cm³/mol. The molecule has 3 nitrogen and oxygen atoms in total. The largest absolute Gasteiger partial charge is 0.392 e. The van der Waals surface area contributed by atoms with Crippen molar-refractivity contribution in [1.29, 1.82) is 0 Å². The van der Waals surface area contributed by atoms with Crippen molar-refractivity contribution in [2.75, 3.05) is 0 Å². The van der Waals surface area contributed by atoms with E-state index in [1.165, 1.54) is 6.07 Å². The third-order valence-electron chi connectivity index (χ3n) is 4.09. The molecule has 0 amide bonds. The van der Waals surface area contributed by atoms with Crippen LogP contribution in [0.3, 0.4) is 0 Å². The number of rotatable bonds is 4. The topological polar surface area (TPSA) is 54.4 Å². The predicted octanol–water partition coefficient (Wildman–Crippen LogP) is 3.44.